The molecule has 1 atom stereocenters. The van der Waals surface area contributed by atoms with Crippen molar-refractivity contribution in [2.45, 2.75) is 19.4 Å². The molecule has 0 spiro atoms. The fourth-order valence-electron chi connectivity index (χ4n) is 1.24. The van der Waals surface area contributed by atoms with Crippen LogP contribution < -0.4 is 0 Å². The fraction of sp³-hybridized carbons (Fsp3) is 0.556. The Bertz CT molecular complexity index is 231. The molecule has 0 aliphatic heterocycles. The summed E-state index contributed by atoms with van der Waals surface area (Å²) in [5.41, 5.74) is 0.625. The molecule has 0 heterocycles. The number of rotatable bonds is 2. The Morgan fingerprint density at radius 1 is 1.50 bits per heavy atom. The van der Waals surface area contributed by atoms with Crippen LogP contribution in [0.15, 0.2) is 23.2 Å². The van der Waals surface area contributed by atoms with E-state index < -0.39 is 0 Å². The molecular weight excluding hydrogens is 159 g/mol. The standard InChI is InChI=1S/C9H13FO2/c1-6-4-5-7(11-2)9(12-3)8(6)10/h4,7H,5H2,1-3H3/t7-/m0/s1. The summed E-state index contributed by atoms with van der Waals surface area (Å²) in [4.78, 5) is 0. The van der Waals surface area contributed by atoms with Gasteiger partial charge in [0, 0.05) is 7.11 Å². The second-order valence-corrected chi connectivity index (χ2v) is 2.73. The highest BCUT2D eigenvalue weighted by Crippen LogP contribution is 2.27. The third-order valence-electron chi connectivity index (χ3n) is 2.00. The minimum absolute atomic E-state index is 0.265. The molecule has 1 aliphatic carbocycles. The van der Waals surface area contributed by atoms with Crippen LogP contribution in [0.4, 0.5) is 4.39 Å². The van der Waals surface area contributed by atoms with E-state index in [-0.39, 0.29) is 11.9 Å². The van der Waals surface area contributed by atoms with E-state index in [1.54, 1.807) is 14.0 Å². The molecule has 0 N–H and O–H groups in total. The van der Waals surface area contributed by atoms with E-state index in [2.05, 4.69) is 0 Å². The largest absolute Gasteiger partial charge is 0.495 e. The van der Waals surface area contributed by atoms with Crippen LogP contribution in [0.25, 0.3) is 0 Å². The average Bonchev–Trinajstić information content (AvgIpc) is 2.09. The molecule has 0 aromatic carbocycles. The molecule has 1 aliphatic rings. The Morgan fingerprint density at radius 3 is 2.67 bits per heavy atom. The van der Waals surface area contributed by atoms with Crippen LogP contribution in [-0.4, -0.2) is 20.3 Å². The van der Waals surface area contributed by atoms with E-state index in [0.29, 0.717) is 17.8 Å². The summed E-state index contributed by atoms with van der Waals surface area (Å²) < 4.78 is 23.2. The van der Waals surface area contributed by atoms with Gasteiger partial charge in [-0.3, -0.25) is 0 Å². The number of allylic oxidation sites excluding steroid dienone is 2. The van der Waals surface area contributed by atoms with Crippen molar-refractivity contribution >= 4 is 0 Å². The molecule has 0 aromatic rings. The third-order valence-corrected chi connectivity index (χ3v) is 2.00. The van der Waals surface area contributed by atoms with Gasteiger partial charge in [0.25, 0.3) is 0 Å². The highest BCUT2D eigenvalue weighted by Gasteiger charge is 2.23. The summed E-state index contributed by atoms with van der Waals surface area (Å²) in [6, 6.07) is 0. The van der Waals surface area contributed by atoms with Crippen molar-refractivity contribution in [2.24, 2.45) is 0 Å². The third kappa shape index (κ3) is 1.50. The van der Waals surface area contributed by atoms with Gasteiger partial charge < -0.3 is 9.47 Å². The number of ether oxygens (including phenoxy) is 2. The maximum Gasteiger partial charge on any atom is 0.166 e. The highest BCUT2D eigenvalue weighted by molar-refractivity contribution is 5.32. The fourth-order valence-corrected chi connectivity index (χ4v) is 1.24. The van der Waals surface area contributed by atoms with E-state index in [1.165, 1.54) is 7.11 Å². The van der Waals surface area contributed by atoms with Crippen LogP contribution in [0.5, 0.6) is 0 Å². The number of hydrogen-bond donors (Lipinski definition) is 0. The molecule has 0 unspecified atom stereocenters. The lowest BCUT2D eigenvalue weighted by Crippen LogP contribution is -2.19. The maximum atomic E-state index is 13.3. The van der Waals surface area contributed by atoms with Gasteiger partial charge in [0.2, 0.25) is 0 Å². The molecule has 0 aromatic heterocycles. The predicted molar refractivity (Wildman–Crippen MR) is 44.3 cm³/mol. The monoisotopic (exact) mass is 172 g/mol. The Hall–Kier alpha value is -0.830. The van der Waals surface area contributed by atoms with E-state index in [0.717, 1.165) is 0 Å². The summed E-state index contributed by atoms with van der Waals surface area (Å²) in [6.45, 7) is 1.72. The molecule has 0 radical (unpaired) electrons. The van der Waals surface area contributed by atoms with Crippen molar-refractivity contribution in [3.05, 3.63) is 23.2 Å². The highest BCUT2D eigenvalue weighted by atomic mass is 19.1. The minimum atomic E-state index is -0.296. The first kappa shape index (κ1) is 9.26. The smallest absolute Gasteiger partial charge is 0.166 e. The van der Waals surface area contributed by atoms with Crippen molar-refractivity contribution < 1.29 is 13.9 Å². The summed E-state index contributed by atoms with van der Waals surface area (Å²) in [5.74, 6) is 0.00750. The van der Waals surface area contributed by atoms with E-state index in [1.807, 2.05) is 6.08 Å². The van der Waals surface area contributed by atoms with Crippen molar-refractivity contribution in [3.8, 4) is 0 Å². The van der Waals surface area contributed by atoms with E-state index >= 15 is 0 Å². The molecule has 68 valence electrons. The van der Waals surface area contributed by atoms with Crippen LogP contribution in [0.3, 0.4) is 0 Å². The first-order valence-electron chi connectivity index (χ1n) is 3.84. The lowest BCUT2D eigenvalue weighted by Gasteiger charge is -2.21. The molecule has 0 saturated carbocycles. The van der Waals surface area contributed by atoms with Crippen molar-refractivity contribution in [1.82, 2.24) is 0 Å². The molecule has 3 heteroatoms. The lowest BCUT2D eigenvalue weighted by atomic mass is 10.0. The quantitative estimate of drug-likeness (QED) is 0.635. The summed E-state index contributed by atoms with van der Waals surface area (Å²) >= 11 is 0. The zero-order chi connectivity index (χ0) is 9.14. The van der Waals surface area contributed by atoms with Crippen molar-refractivity contribution in [2.75, 3.05) is 14.2 Å². The second kappa shape index (κ2) is 3.72. The number of halogens is 1. The summed E-state index contributed by atoms with van der Waals surface area (Å²) in [7, 11) is 3.00. The van der Waals surface area contributed by atoms with E-state index in [4.69, 9.17) is 9.47 Å². The maximum absolute atomic E-state index is 13.3. The zero-order valence-electron chi connectivity index (χ0n) is 7.56. The lowest BCUT2D eigenvalue weighted by molar-refractivity contribution is 0.0734. The molecule has 0 bridgehead atoms. The van der Waals surface area contributed by atoms with Gasteiger partial charge in [-0.1, -0.05) is 6.08 Å². The van der Waals surface area contributed by atoms with Gasteiger partial charge in [-0.25, -0.2) is 4.39 Å². The molecule has 0 fully saturated rings. The first-order valence-corrected chi connectivity index (χ1v) is 3.84. The van der Waals surface area contributed by atoms with Crippen molar-refractivity contribution in [3.63, 3.8) is 0 Å². The summed E-state index contributed by atoms with van der Waals surface area (Å²) in [5, 5.41) is 0. The average molecular weight is 172 g/mol. The number of methoxy groups -OCH3 is 2. The Labute approximate surface area is 71.7 Å². The van der Waals surface area contributed by atoms with Crippen LogP contribution >= 0.6 is 0 Å². The Morgan fingerprint density at radius 2 is 2.17 bits per heavy atom. The van der Waals surface area contributed by atoms with Crippen LogP contribution in [0, 0.1) is 0 Å². The number of hydrogen-bond acceptors (Lipinski definition) is 2. The second-order valence-electron chi connectivity index (χ2n) is 2.73. The van der Waals surface area contributed by atoms with Gasteiger partial charge in [0.05, 0.1) is 7.11 Å². The van der Waals surface area contributed by atoms with Gasteiger partial charge in [-0.15, -0.1) is 0 Å². The van der Waals surface area contributed by atoms with Gasteiger partial charge in [0.1, 0.15) is 6.10 Å². The minimum Gasteiger partial charge on any atom is -0.495 e. The van der Waals surface area contributed by atoms with Crippen LogP contribution in [0.2, 0.25) is 0 Å². The van der Waals surface area contributed by atoms with Gasteiger partial charge in [-0.2, -0.15) is 0 Å². The SMILES string of the molecule is COC1=C(F)C(C)=CC[C@@H]1OC. The molecular formula is C9H13FO2. The summed E-state index contributed by atoms with van der Waals surface area (Å²) in [6.07, 6.45) is 2.23. The molecule has 1 rings (SSSR count). The normalized spacial score (nSPS) is 24.0. The Kier molecular flexibility index (Phi) is 2.87. The molecule has 2 nitrogen and oxygen atoms in total. The predicted octanol–water partition coefficient (Wildman–Crippen LogP) is 2.18. The van der Waals surface area contributed by atoms with Crippen molar-refractivity contribution in [1.29, 1.82) is 0 Å². The van der Waals surface area contributed by atoms with Gasteiger partial charge in [0.15, 0.2) is 11.6 Å². The molecule has 0 saturated heterocycles. The van der Waals surface area contributed by atoms with Crippen LogP contribution in [0.1, 0.15) is 13.3 Å². The first-order chi connectivity index (χ1) is 5.70. The van der Waals surface area contributed by atoms with Gasteiger partial charge >= 0.3 is 0 Å². The zero-order valence-corrected chi connectivity index (χ0v) is 7.56. The Balaban J connectivity index is 2.92. The van der Waals surface area contributed by atoms with Gasteiger partial charge in [-0.05, 0) is 18.9 Å². The van der Waals surface area contributed by atoms with Crippen LogP contribution in [-0.2, 0) is 9.47 Å². The molecule has 12 heavy (non-hydrogen) atoms. The van der Waals surface area contributed by atoms with E-state index in [9.17, 15) is 4.39 Å². The molecule has 0 amide bonds. The topological polar surface area (TPSA) is 18.5 Å².